The Kier molecular flexibility index (Phi) is 5.90. The summed E-state index contributed by atoms with van der Waals surface area (Å²) in [7, 11) is -3.31. The van der Waals surface area contributed by atoms with E-state index < -0.39 is 15.7 Å². The van der Waals surface area contributed by atoms with Crippen LogP contribution in [0.3, 0.4) is 0 Å². The zero-order valence-corrected chi connectivity index (χ0v) is 19.0. The summed E-state index contributed by atoms with van der Waals surface area (Å²) in [6.45, 7) is 2.53. The molecule has 31 heavy (non-hydrogen) atoms. The molecule has 2 N–H and O–H groups in total. The molecule has 0 aliphatic carbocycles. The van der Waals surface area contributed by atoms with Crippen LogP contribution in [0, 0.1) is 0 Å². The number of carbonyl (C=O) groups is 1. The first-order valence-corrected chi connectivity index (χ1v) is 12.8. The van der Waals surface area contributed by atoms with Crippen molar-refractivity contribution < 1.29 is 17.9 Å². The lowest BCUT2D eigenvalue weighted by Crippen LogP contribution is -2.12. The van der Waals surface area contributed by atoms with Crippen LogP contribution in [0.2, 0.25) is 0 Å². The minimum Gasteiger partial charge on any atom is -0.494 e. The zero-order chi connectivity index (χ0) is 22.0. The zero-order valence-electron chi connectivity index (χ0n) is 16.6. The predicted molar refractivity (Wildman–Crippen MR) is 124 cm³/mol. The molecule has 0 saturated carbocycles. The third kappa shape index (κ3) is 5.01. The normalized spacial score (nSPS) is 11.4. The minimum atomic E-state index is -3.31. The van der Waals surface area contributed by atoms with Gasteiger partial charge in [-0.05, 0) is 49.4 Å². The molecule has 0 aliphatic rings. The van der Waals surface area contributed by atoms with Crippen LogP contribution < -0.4 is 15.4 Å². The topological polar surface area (TPSA) is 110 Å². The Morgan fingerprint density at radius 3 is 2.58 bits per heavy atom. The lowest BCUT2D eigenvalue weighted by atomic mass is 10.3. The van der Waals surface area contributed by atoms with Gasteiger partial charge in [-0.2, -0.15) is 0 Å². The molecule has 0 aliphatic heterocycles. The number of ether oxygens (including phenoxy) is 1. The van der Waals surface area contributed by atoms with Crippen LogP contribution in [0.1, 0.15) is 17.4 Å². The lowest BCUT2D eigenvalue weighted by Gasteiger charge is -2.05. The molecule has 0 saturated heterocycles. The molecule has 4 rings (SSSR count). The predicted octanol–water partition coefficient (Wildman–Crippen LogP) is 4.55. The molecule has 0 spiro atoms. The molecular weight excluding hydrogens is 456 g/mol. The summed E-state index contributed by atoms with van der Waals surface area (Å²) in [6, 6.07) is 12.1. The number of aromatic nitrogens is 2. The first-order chi connectivity index (χ1) is 14.8. The van der Waals surface area contributed by atoms with Crippen LogP contribution in [0.5, 0.6) is 5.75 Å². The number of sulfone groups is 1. The lowest BCUT2D eigenvalue weighted by molar-refractivity contribution is 0.102. The average molecular weight is 475 g/mol. The molecule has 8 nitrogen and oxygen atoms in total. The highest BCUT2D eigenvalue weighted by Gasteiger charge is 2.15. The Labute approximate surface area is 186 Å². The van der Waals surface area contributed by atoms with E-state index in [9.17, 15) is 13.2 Å². The standard InChI is InChI=1S/C20H18N4O4S3/c1-3-28-13-6-4-12(5-7-13)21-19-23-16(11-29-19)18(25)24-20-22-15-9-8-14(31(2,26)27)10-17(15)30-20/h4-11H,3H2,1-2H3,(H,21,23)(H,22,24,25). The third-order valence-electron chi connectivity index (χ3n) is 4.16. The van der Waals surface area contributed by atoms with Gasteiger partial charge in [0.15, 0.2) is 20.1 Å². The van der Waals surface area contributed by atoms with E-state index in [1.165, 1.54) is 28.7 Å². The summed E-state index contributed by atoms with van der Waals surface area (Å²) in [4.78, 5) is 21.4. The number of thiazole rings is 2. The molecule has 0 radical (unpaired) electrons. The first-order valence-electron chi connectivity index (χ1n) is 9.19. The number of fused-ring (bicyclic) bond motifs is 1. The van der Waals surface area contributed by atoms with Gasteiger partial charge in [0.25, 0.3) is 5.91 Å². The largest absolute Gasteiger partial charge is 0.494 e. The second-order valence-electron chi connectivity index (χ2n) is 6.50. The minimum absolute atomic E-state index is 0.214. The number of hydrogen-bond acceptors (Lipinski definition) is 9. The van der Waals surface area contributed by atoms with Crippen LogP contribution in [0.15, 0.2) is 52.7 Å². The number of nitrogens with one attached hydrogen (secondary N) is 2. The van der Waals surface area contributed by atoms with Gasteiger partial charge in [-0.1, -0.05) is 11.3 Å². The van der Waals surface area contributed by atoms with Crippen LogP contribution >= 0.6 is 22.7 Å². The van der Waals surface area contributed by atoms with Crippen molar-refractivity contribution >= 4 is 64.6 Å². The summed E-state index contributed by atoms with van der Waals surface area (Å²) in [5, 5.41) is 8.49. The fourth-order valence-electron chi connectivity index (χ4n) is 2.71. The van der Waals surface area contributed by atoms with Crippen LogP contribution in [0.4, 0.5) is 16.0 Å². The smallest absolute Gasteiger partial charge is 0.276 e. The van der Waals surface area contributed by atoms with E-state index in [0.29, 0.717) is 27.1 Å². The Bertz CT molecular complexity index is 1340. The van der Waals surface area contributed by atoms with E-state index >= 15 is 0 Å². The number of amides is 1. The molecule has 0 atom stereocenters. The maximum atomic E-state index is 12.6. The highest BCUT2D eigenvalue weighted by Crippen LogP contribution is 2.29. The van der Waals surface area contributed by atoms with Crippen molar-refractivity contribution in [3.05, 3.63) is 53.5 Å². The van der Waals surface area contributed by atoms with Crippen molar-refractivity contribution in [2.75, 3.05) is 23.5 Å². The van der Waals surface area contributed by atoms with Crippen LogP contribution in [-0.4, -0.2) is 37.2 Å². The van der Waals surface area contributed by atoms with Crippen LogP contribution in [0.25, 0.3) is 10.2 Å². The third-order valence-corrected chi connectivity index (χ3v) is 6.96. The maximum Gasteiger partial charge on any atom is 0.276 e. The molecule has 2 aromatic heterocycles. The highest BCUT2D eigenvalue weighted by atomic mass is 32.2. The van der Waals surface area contributed by atoms with Crippen molar-refractivity contribution in [3.63, 3.8) is 0 Å². The maximum absolute atomic E-state index is 12.6. The van der Waals surface area contributed by atoms with Crippen LogP contribution in [-0.2, 0) is 9.84 Å². The number of benzene rings is 2. The van der Waals surface area contributed by atoms with Gasteiger partial charge < -0.3 is 10.1 Å². The monoisotopic (exact) mass is 474 g/mol. The summed E-state index contributed by atoms with van der Waals surface area (Å²) < 4.78 is 29.5. The molecule has 160 valence electrons. The molecule has 0 fully saturated rings. The van der Waals surface area contributed by atoms with Gasteiger partial charge in [0.1, 0.15) is 11.4 Å². The Balaban J connectivity index is 1.45. The Morgan fingerprint density at radius 1 is 1.10 bits per heavy atom. The van der Waals surface area contributed by atoms with Gasteiger partial charge in [0.05, 0.1) is 21.7 Å². The van der Waals surface area contributed by atoms with E-state index in [2.05, 4.69) is 20.6 Å². The summed E-state index contributed by atoms with van der Waals surface area (Å²) >= 11 is 2.52. The molecule has 4 aromatic rings. The number of nitrogens with zero attached hydrogens (tertiary/aromatic N) is 2. The van der Waals surface area contributed by atoms with E-state index in [-0.39, 0.29) is 10.6 Å². The molecule has 2 heterocycles. The van der Waals surface area contributed by atoms with Crippen molar-refractivity contribution in [1.29, 1.82) is 0 Å². The molecule has 11 heteroatoms. The quantitative estimate of drug-likeness (QED) is 0.404. The SMILES string of the molecule is CCOc1ccc(Nc2nc(C(=O)Nc3nc4ccc(S(C)(=O)=O)cc4s3)cs2)cc1. The summed E-state index contributed by atoms with van der Waals surface area (Å²) in [5.74, 6) is 0.394. The van der Waals surface area contributed by atoms with Gasteiger partial charge in [-0.15, -0.1) is 11.3 Å². The van der Waals surface area contributed by atoms with Gasteiger partial charge in [0.2, 0.25) is 0 Å². The Morgan fingerprint density at radius 2 is 1.87 bits per heavy atom. The van der Waals surface area contributed by atoms with E-state index in [0.717, 1.165) is 17.7 Å². The van der Waals surface area contributed by atoms with Gasteiger partial charge in [-0.3, -0.25) is 10.1 Å². The summed E-state index contributed by atoms with van der Waals surface area (Å²) in [6.07, 6.45) is 1.15. The molecule has 0 bridgehead atoms. The van der Waals surface area contributed by atoms with E-state index in [1.807, 2.05) is 31.2 Å². The van der Waals surface area contributed by atoms with E-state index in [1.54, 1.807) is 17.5 Å². The van der Waals surface area contributed by atoms with Gasteiger partial charge >= 0.3 is 0 Å². The summed E-state index contributed by atoms with van der Waals surface area (Å²) in [5.41, 5.74) is 1.70. The molecule has 1 amide bonds. The molecular formula is C20H18N4O4S3. The number of hydrogen-bond donors (Lipinski definition) is 2. The van der Waals surface area contributed by atoms with E-state index in [4.69, 9.17) is 4.74 Å². The second-order valence-corrected chi connectivity index (χ2v) is 10.4. The van der Waals surface area contributed by atoms with Crippen molar-refractivity contribution in [1.82, 2.24) is 9.97 Å². The van der Waals surface area contributed by atoms with Crippen molar-refractivity contribution in [3.8, 4) is 5.75 Å². The fraction of sp³-hybridized carbons (Fsp3) is 0.150. The molecule has 0 unspecified atom stereocenters. The fourth-order valence-corrected chi connectivity index (χ4v) is 5.04. The second kappa shape index (κ2) is 8.61. The first kappa shape index (κ1) is 21.2. The number of rotatable bonds is 7. The van der Waals surface area contributed by atoms with Crippen molar-refractivity contribution in [2.45, 2.75) is 11.8 Å². The average Bonchev–Trinajstić information content (AvgIpc) is 3.35. The van der Waals surface area contributed by atoms with Crippen molar-refractivity contribution in [2.24, 2.45) is 0 Å². The van der Waals surface area contributed by atoms with Gasteiger partial charge in [0, 0.05) is 17.3 Å². The highest BCUT2D eigenvalue weighted by molar-refractivity contribution is 7.90. The Hall–Kier alpha value is -3.02. The number of carbonyl (C=O) groups excluding carboxylic acids is 1. The van der Waals surface area contributed by atoms with Gasteiger partial charge in [-0.25, -0.2) is 18.4 Å². The number of anilines is 3. The molecule has 2 aromatic carbocycles.